The molecule has 0 saturated heterocycles. The van der Waals surface area contributed by atoms with E-state index in [0.717, 1.165) is 24.8 Å². The fraction of sp³-hybridized carbons (Fsp3) is 0.267. The molecule has 1 aromatic heterocycles. The van der Waals surface area contributed by atoms with E-state index < -0.39 is 0 Å². The first-order chi connectivity index (χ1) is 9.18. The highest BCUT2D eigenvalue weighted by atomic mass is 35.5. The molecule has 0 atom stereocenters. The number of nitrogen functional groups attached to an aromatic ring is 1. The average molecular weight is 292 g/mol. The summed E-state index contributed by atoms with van der Waals surface area (Å²) in [5.74, 6) is -0.0394. The van der Waals surface area contributed by atoms with Crippen molar-refractivity contribution in [3.63, 3.8) is 0 Å². The van der Waals surface area contributed by atoms with Gasteiger partial charge in [-0.2, -0.15) is 0 Å². The zero-order valence-corrected chi connectivity index (χ0v) is 12.0. The molecule has 2 nitrogen and oxygen atoms in total. The summed E-state index contributed by atoms with van der Waals surface area (Å²) in [7, 11) is 0. The maximum Gasteiger partial charge on any atom is 0.197 e. The first-order valence-electron chi connectivity index (χ1n) is 6.37. The van der Waals surface area contributed by atoms with Crippen LogP contribution in [0.15, 0.2) is 24.3 Å². The number of benzene rings is 1. The van der Waals surface area contributed by atoms with Crippen molar-refractivity contribution in [2.75, 3.05) is 5.73 Å². The van der Waals surface area contributed by atoms with E-state index in [1.807, 2.05) is 12.1 Å². The molecule has 1 aliphatic rings. The fourth-order valence-corrected chi connectivity index (χ4v) is 3.99. The van der Waals surface area contributed by atoms with E-state index in [2.05, 4.69) is 0 Å². The van der Waals surface area contributed by atoms with Gasteiger partial charge in [0.15, 0.2) is 5.78 Å². The van der Waals surface area contributed by atoms with Crippen molar-refractivity contribution < 1.29 is 4.79 Å². The summed E-state index contributed by atoms with van der Waals surface area (Å²) in [4.78, 5) is 13.9. The first-order valence-corrected chi connectivity index (χ1v) is 7.57. The van der Waals surface area contributed by atoms with Crippen molar-refractivity contribution in [2.45, 2.75) is 25.7 Å². The third-order valence-corrected chi connectivity index (χ3v) is 4.99. The van der Waals surface area contributed by atoms with Crippen LogP contribution in [0.1, 0.15) is 39.2 Å². The second kappa shape index (κ2) is 4.99. The van der Waals surface area contributed by atoms with Gasteiger partial charge < -0.3 is 5.73 Å². The largest absolute Gasteiger partial charge is 0.390 e. The molecule has 0 fully saturated rings. The van der Waals surface area contributed by atoms with Gasteiger partial charge in [-0.15, -0.1) is 11.3 Å². The normalized spacial score (nSPS) is 14.2. The second-order valence-electron chi connectivity index (χ2n) is 4.76. The summed E-state index contributed by atoms with van der Waals surface area (Å²) < 4.78 is 0. The molecule has 0 bridgehead atoms. The zero-order chi connectivity index (χ0) is 13.4. The SMILES string of the molecule is Nc1sc2c(c1C(=O)c1ccccc1Cl)CCCC2. The molecule has 1 aliphatic carbocycles. The molecule has 0 amide bonds. The maximum atomic E-state index is 12.7. The zero-order valence-electron chi connectivity index (χ0n) is 10.4. The molecule has 19 heavy (non-hydrogen) atoms. The second-order valence-corrected chi connectivity index (χ2v) is 6.30. The molecule has 98 valence electrons. The molecule has 3 rings (SSSR count). The number of hydrogen-bond acceptors (Lipinski definition) is 3. The van der Waals surface area contributed by atoms with Gasteiger partial charge in [-0.3, -0.25) is 4.79 Å². The highest BCUT2D eigenvalue weighted by Crippen LogP contribution is 2.38. The fourth-order valence-electron chi connectivity index (χ4n) is 2.62. The van der Waals surface area contributed by atoms with Crippen LogP contribution >= 0.6 is 22.9 Å². The lowest BCUT2D eigenvalue weighted by Gasteiger charge is -2.12. The van der Waals surface area contributed by atoms with Crippen LogP contribution in [-0.2, 0) is 12.8 Å². The minimum atomic E-state index is -0.0394. The quantitative estimate of drug-likeness (QED) is 0.847. The molecule has 1 aromatic carbocycles. The number of thiophene rings is 1. The number of ketones is 1. The van der Waals surface area contributed by atoms with Crippen molar-refractivity contribution in [3.8, 4) is 0 Å². The van der Waals surface area contributed by atoms with Gasteiger partial charge in [-0.1, -0.05) is 23.7 Å². The van der Waals surface area contributed by atoms with E-state index in [1.54, 1.807) is 23.5 Å². The van der Waals surface area contributed by atoms with Gasteiger partial charge in [0.25, 0.3) is 0 Å². The average Bonchev–Trinajstić information content (AvgIpc) is 2.74. The number of rotatable bonds is 2. The van der Waals surface area contributed by atoms with Gasteiger partial charge in [0.05, 0.1) is 15.6 Å². The van der Waals surface area contributed by atoms with Gasteiger partial charge >= 0.3 is 0 Å². The number of carbonyl (C=O) groups is 1. The Morgan fingerprint density at radius 2 is 1.95 bits per heavy atom. The molecule has 2 aromatic rings. The Kier molecular flexibility index (Phi) is 3.33. The van der Waals surface area contributed by atoms with Crippen LogP contribution in [0.2, 0.25) is 5.02 Å². The molecule has 1 heterocycles. The highest BCUT2D eigenvalue weighted by molar-refractivity contribution is 7.16. The van der Waals surface area contributed by atoms with Gasteiger partial charge in [0.2, 0.25) is 0 Å². The molecular weight excluding hydrogens is 278 g/mol. The lowest BCUT2D eigenvalue weighted by atomic mass is 9.92. The third-order valence-electron chi connectivity index (χ3n) is 3.54. The molecule has 0 spiro atoms. The molecule has 0 aliphatic heterocycles. The monoisotopic (exact) mass is 291 g/mol. The summed E-state index contributed by atoms with van der Waals surface area (Å²) in [5, 5.41) is 1.12. The maximum absolute atomic E-state index is 12.7. The summed E-state index contributed by atoms with van der Waals surface area (Å²) >= 11 is 7.67. The standard InChI is InChI=1S/C15H14ClNOS/c16-11-7-3-1-5-9(11)14(18)13-10-6-2-4-8-12(10)19-15(13)17/h1,3,5,7H,2,4,6,8,17H2. The first kappa shape index (κ1) is 12.7. The molecular formula is C15H14ClNOS. The van der Waals surface area contributed by atoms with Crippen molar-refractivity contribution in [1.29, 1.82) is 0 Å². The van der Waals surface area contributed by atoms with E-state index in [9.17, 15) is 4.79 Å². The van der Waals surface area contributed by atoms with Crippen LogP contribution in [0.4, 0.5) is 5.00 Å². The predicted octanol–water partition coefficient (Wildman–Crippen LogP) is 4.09. The van der Waals surface area contributed by atoms with Gasteiger partial charge in [0.1, 0.15) is 0 Å². The van der Waals surface area contributed by atoms with Crippen LogP contribution < -0.4 is 5.73 Å². The van der Waals surface area contributed by atoms with Crippen LogP contribution in [0.3, 0.4) is 0 Å². The van der Waals surface area contributed by atoms with E-state index in [4.69, 9.17) is 17.3 Å². The van der Waals surface area contributed by atoms with E-state index in [-0.39, 0.29) is 5.78 Å². The summed E-state index contributed by atoms with van der Waals surface area (Å²) in [5.41, 5.74) is 8.45. The number of carbonyl (C=O) groups excluding carboxylic acids is 1. The number of fused-ring (bicyclic) bond motifs is 1. The van der Waals surface area contributed by atoms with E-state index >= 15 is 0 Å². The van der Waals surface area contributed by atoms with Crippen molar-refractivity contribution in [1.82, 2.24) is 0 Å². The topological polar surface area (TPSA) is 43.1 Å². The lowest BCUT2D eigenvalue weighted by molar-refractivity contribution is 0.103. The summed E-state index contributed by atoms with van der Waals surface area (Å²) in [6.45, 7) is 0. The number of aryl methyl sites for hydroxylation is 1. The Hall–Kier alpha value is -1.32. The van der Waals surface area contributed by atoms with Gasteiger partial charge in [-0.05, 0) is 43.4 Å². The Bertz CT molecular complexity index is 648. The van der Waals surface area contributed by atoms with Crippen molar-refractivity contribution >= 4 is 33.7 Å². The van der Waals surface area contributed by atoms with E-state index in [1.165, 1.54) is 11.3 Å². The van der Waals surface area contributed by atoms with Crippen LogP contribution in [0.25, 0.3) is 0 Å². The van der Waals surface area contributed by atoms with Gasteiger partial charge in [-0.25, -0.2) is 0 Å². The number of nitrogens with two attached hydrogens (primary N) is 1. The van der Waals surface area contributed by atoms with Crippen molar-refractivity contribution in [3.05, 3.63) is 50.9 Å². The molecule has 0 radical (unpaired) electrons. The molecule has 0 saturated carbocycles. The third kappa shape index (κ3) is 2.17. The van der Waals surface area contributed by atoms with Crippen molar-refractivity contribution in [2.24, 2.45) is 0 Å². The Morgan fingerprint density at radius 3 is 2.74 bits per heavy atom. The van der Waals surface area contributed by atoms with Crippen LogP contribution in [-0.4, -0.2) is 5.78 Å². The lowest BCUT2D eigenvalue weighted by Crippen LogP contribution is -2.09. The Labute approximate surface area is 121 Å². The number of anilines is 1. The van der Waals surface area contributed by atoms with Crippen LogP contribution in [0, 0.1) is 0 Å². The minimum absolute atomic E-state index is 0.0394. The predicted molar refractivity (Wildman–Crippen MR) is 80.3 cm³/mol. The summed E-state index contributed by atoms with van der Waals surface area (Å²) in [6, 6.07) is 7.15. The van der Waals surface area contributed by atoms with Gasteiger partial charge in [0, 0.05) is 10.4 Å². The Morgan fingerprint density at radius 1 is 1.21 bits per heavy atom. The minimum Gasteiger partial charge on any atom is -0.390 e. The van der Waals surface area contributed by atoms with E-state index in [0.29, 0.717) is 21.2 Å². The Balaban J connectivity index is 2.10. The summed E-state index contributed by atoms with van der Waals surface area (Å²) in [6.07, 6.45) is 4.31. The number of hydrogen-bond donors (Lipinski definition) is 1. The van der Waals surface area contributed by atoms with Crippen LogP contribution in [0.5, 0.6) is 0 Å². The molecule has 4 heteroatoms. The molecule has 0 unspecified atom stereocenters. The highest BCUT2D eigenvalue weighted by Gasteiger charge is 2.25. The smallest absolute Gasteiger partial charge is 0.197 e. The molecule has 2 N–H and O–H groups in total. The number of halogens is 1.